The van der Waals surface area contributed by atoms with Gasteiger partial charge in [-0.2, -0.15) is 0 Å². The maximum atomic E-state index is 13.0. The average molecular weight is 431 g/mol. The molecule has 0 unspecified atom stereocenters. The molecule has 1 aliphatic heterocycles. The molecule has 160 valence electrons. The number of carbonyl (C=O) groups excluding carboxylic acids is 3. The topological polar surface area (TPSA) is 123 Å². The summed E-state index contributed by atoms with van der Waals surface area (Å²) in [5, 5.41) is 13.4. The van der Waals surface area contributed by atoms with E-state index in [4.69, 9.17) is 4.42 Å². The van der Waals surface area contributed by atoms with E-state index in [2.05, 4.69) is 5.32 Å². The highest BCUT2D eigenvalue weighted by Crippen LogP contribution is 2.32. The smallest absolute Gasteiger partial charge is 0.335 e. The minimum atomic E-state index is -0.857. The van der Waals surface area contributed by atoms with Gasteiger partial charge in [0.2, 0.25) is 0 Å². The molecule has 3 aromatic rings. The van der Waals surface area contributed by atoms with Gasteiger partial charge in [-0.3, -0.25) is 25.0 Å². The molecule has 1 aromatic heterocycles. The minimum absolute atomic E-state index is 0.131. The molecule has 32 heavy (non-hydrogen) atoms. The second-order valence-electron chi connectivity index (χ2n) is 7.28. The molecule has 9 nitrogen and oxygen atoms in total. The molecule has 0 saturated carbocycles. The zero-order chi connectivity index (χ0) is 23.0. The quantitative estimate of drug-likeness (QED) is 0.287. The molecule has 4 rings (SSSR count). The van der Waals surface area contributed by atoms with Gasteiger partial charge in [0.25, 0.3) is 17.5 Å². The number of hydrogen-bond donors (Lipinski definition) is 1. The molecule has 0 bridgehead atoms. The fourth-order valence-corrected chi connectivity index (χ4v) is 3.53. The fourth-order valence-electron chi connectivity index (χ4n) is 3.53. The van der Waals surface area contributed by atoms with Crippen LogP contribution in [0.2, 0.25) is 0 Å². The second kappa shape index (κ2) is 7.95. The van der Waals surface area contributed by atoms with E-state index in [1.54, 1.807) is 18.2 Å². The highest BCUT2D eigenvalue weighted by atomic mass is 16.6. The summed E-state index contributed by atoms with van der Waals surface area (Å²) in [6.07, 6.45) is 1.21. The number of nitrogens with zero attached hydrogens (tertiary/aromatic N) is 2. The molecule has 2 heterocycles. The lowest BCUT2D eigenvalue weighted by Gasteiger charge is -2.26. The Bertz CT molecular complexity index is 1300. The van der Waals surface area contributed by atoms with Gasteiger partial charge in [-0.15, -0.1) is 0 Å². The number of amides is 4. The third-order valence-corrected chi connectivity index (χ3v) is 4.85. The first-order chi connectivity index (χ1) is 15.2. The number of nitrogens with one attached hydrogen (secondary N) is 1. The van der Waals surface area contributed by atoms with Crippen LogP contribution in [-0.2, 0) is 9.59 Å². The normalized spacial score (nSPS) is 15.2. The van der Waals surface area contributed by atoms with E-state index in [0.29, 0.717) is 5.69 Å². The summed E-state index contributed by atoms with van der Waals surface area (Å²) in [6, 6.07) is 13.4. The minimum Gasteiger partial charge on any atom is -0.456 e. The first-order valence-corrected chi connectivity index (χ1v) is 9.58. The lowest BCUT2D eigenvalue weighted by atomic mass is 10.1. The highest BCUT2D eigenvalue weighted by Gasteiger charge is 2.37. The van der Waals surface area contributed by atoms with Crippen LogP contribution in [0.4, 0.5) is 16.2 Å². The summed E-state index contributed by atoms with van der Waals surface area (Å²) < 4.78 is 5.65. The number of aryl methyl sites for hydroxylation is 2. The predicted octanol–water partition coefficient (Wildman–Crippen LogP) is 4.14. The number of nitro benzene ring substituents is 1. The monoisotopic (exact) mass is 431 g/mol. The van der Waals surface area contributed by atoms with E-state index in [1.807, 2.05) is 19.9 Å². The van der Waals surface area contributed by atoms with Crippen LogP contribution < -0.4 is 10.2 Å². The Balaban J connectivity index is 1.71. The number of benzene rings is 2. The number of furan rings is 1. The molecular weight excluding hydrogens is 414 g/mol. The van der Waals surface area contributed by atoms with E-state index >= 15 is 0 Å². The molecule has 4 amide bonds. The Morgan fingerprint density at radius 1 is 1.00 bits per heavy atom. The lowest BCUT2D eigenvalue weighted by Crippen LogP contribution is -2.54. The Labute approximate surface area is 182 Å². The first-order valence-electron chi connectivity index (χ1n) is 9.58. The van der Waals surface area contributed by atoms with E-state index in [1.165, 1.54) is 36.4 Å². The number of imide groups is 2. The number of rotatable bonds is 4. The van der Waals surface area contributed by atoms with E-state index in [0.717, 1.165) is 16.0 Å². The summed E-state index contributed by atoms with van der Waals surface area (Å²) in [4.78, 5) is 49.4. The summed E-state index contributed by atoms with van der Waals surface area (Å²) in [6.45, 7) is 3.66. The molecule has 0 radical (unpaired) electrons. The van der Waals surface area contributed by atoms with Crippen molar-refractivity contribution in [2.75, 3.05) is 4.90 Å². The molecule has 1 aliphatic rings. The van der Waals surface area contributed by atoms with Gasteiger partial charge in [-0.1, -0.05) is 18.2 Å². The molecule has 0 aliphatic carbocycles. The SMILES string of the molecule is Cc1cc(C)cc(N2C(=O)NC(=O)/C(=C\c3ccc(-c4ccccc4[N+](=O)[O-])o3)C2=O)c1. The maximum absolute atomic E-state index is 13.0. The van der Waals surface area contributed by atoms with Crippen LogP contribution in [0, 0.1) is 24.0 Å². The zero-order valence-electron chi connectivity index (χ0n) is 17.1. The van der Waals surface area contributed by atoms with Crippen molar-refractivity contribution in [1.82, 2.24) is 5.32 Å². The number of barbiturate groups is 1. The molecule has 0 spiro atoms. The number of anilines is 1. The van der Waals surface area contributed by atoms with Crippen LogP contribution in [0.1, 0.15) is 16.9 Å². The van der Waals surface area contributed by atoms with Crippen LogP contribution >= 0.6 is 0 Å². The van der Waals surface area contributed by atoms with Crippen LogP contribution in [0.15, 0.2) is 64.6 Å². The highest BCUT2D eigenvalue weighted by molar-refractivity contribution is 6.39. The maximum Gasteiger partial charge on any atom is 0.335 e. The van der Waals surface area contributed by atoms with Crippen molar-refractivity contribution in [3.8, 4) is 11.3 Å². The third kappa shape index (κ3) is 3.79. The van der Waals surface area contributed by atoms with Gasteiger partial charge in [0.05, 0.1) is 16.2 Å². The van der Waals surface area contributed by atoms with Crippen molar-refractivity contribution in [3.05, 3.63) is 87.2 Å². The summed E-state index contributed by atoms with van der Waals surface area (Å²) in [7, 11) is 0. The Kier molecular flexibility index (Phi) is 5.15. The van der Waals surface area contributed by atoms with E-state index in [9.17, 15) is 24.5 Å². The average Bonchev–Trinajstić information content (AvgIpc) is 3.19. The molecule has 1 N–H and O–H groups in total. The Morgan fingerprint density at radius 2 is 1.69 bits per heavy atom. The van der Waals surface area contributed by atoms with Crippen molar-refractivity contribution in [2.45, 2.75) is 13.8 Å². The van der Waals surface area contributed by atoms with Gasteiger partial charge < -0.3 is 4.42 Å². The molecule has 1 fully saturated rings. The van der Waals surface area contributed by atoms with Gasteiger partial charge in [0.15, 0.2) is 0 Å². The number of carbonyl (C=O) groups is 3. The van der Waals surface area contributed by atoms with Crippen LogP contribution in [0.5, 0.6) is 0 Å². The van der Waals surface area contributed by atoms with Gasteiger partial charge >= 0.3 is 6.03 Å². The van der Waals surface area contributed by atoms with Gasteiger partial charge in [0, 0.05) is 6.07 Å². The molecule has 9 heteroatoms. The fraction of sp³-hybridized carbons (Fsp3) is 0.0870. The number of hydrogen-bond acceptors (Lipinski definition) is 6. The van der Waals surface area contributed by atoms with E-state index < -0.39 is 22.8 Å². The van der Waals surface area contributed by atoms with Gasteiger partial charge in [-0.05, 0) is 61.4 Å². The van der Waals surface area contributed by atoms with Crippen LogP contribution in [-0.4, -0.2) is 22.8 Å². The predicted molar refractivity (Wildman–Crippen MR) is 116 cm³/mol. The molecule has 2 aromatic carbocycles. The summed E-state index contributed by atoms with van der Waals surface area (Å²) in [5.74, 6) is -1.32. The van der Waals surface area contributed by atoms with Crippen LogP contribution in [0.3, 0.4) is 0 Å². The number of urea groups is 1. The van der Waals surface area contributed by atoms with Gasteiger partial charge in [0.1, 0.15) is 17.1 Å². The molecule has 0 atom stereocenters. The summed E-state index contributed by atoms with van der Waals surface area (Å²) >= 11 is 0. The zero-order valence-corrected chi connectivity index (χ0v) is 17.1. The van der Waals surface area contributed by atoms with Crippen molar-refractivity contribution in [3.63, 3.8) is 0 Å². The van der Waals surface area contributed by atoms with Crippen molar-refractivity contribution in [1.29, 1.82) is 0 Å². The lowest BCUT2D eigenvalue weighted by molar-refractivity contribution is -0.384. The largest absolute Gasteiger partial charge is 0.456 e. The van der Waals surface area contributed by atoms with Gasteiger partial charge in [-0.25, -0.2) is 9.69 Å². The third-order valence-electron chi connectivity index (χ3n) is 4.85. The standard InChI is InChI=1S/C23H17N3O6/c1-13-9-14(2)11-15(10-13)25-22(28)18(21(27)24-23(25)29)12-16-7-8-20(32-16)17-5-3-4-6-19(17)26(30)31/h3-12H,1-2H3,(H,24,27,29)/b18-12+. The molecular formula is C23H17N3O6. The molecule has 1 saturated heterocycles. The Morgan fingerprint density at radius 3 is 2.38 bits per heavy atom. The Hall–Kier alpha value is -4.53. The van der Waals surface area contributed by atoms with Crippen LogP contribution in [0.25, 0.3) is 17.4 Å². The van der Waals surface area contributed by atoms with Crippen molar-refractivity contribution in [2.24, 2.45) is 0 Å². The van der Waals surface area contributed by atoms with E-state index in [-0.39, 0.29) is 28.3 Å². The van der Waals surface area contributed by atoms with Crippen molar-refractivity contribution < 1.29 is 23.7 Å². The first kappa shape index (κ1) is 20.7. The second-order valence-corrected chi connectivity index (χ2v) is 7.28. The summed E-state index contributed by atoms with van der Waals surface area (Å²) in [5.41, 5.74) is 1.86. The van der Waals surface area contributed by atoms with Crippen molar-refractivity contribution >= 4 is 35.3 Å². The number of para-hydroxylation sites is 1. The number of nitro groups is 1.